The van der Waals surface area contributed by atoms with Crippen LogP contribution in [0.1, 0.15) is 22.3 Å². The van der Waals surface area contributed by atoms with Crippen LogP contribution < -0.4 is 10.2 Å². The highest BCUT2D eigenvalue weighted by Crippen LogP contribution is 2.23. The zero-order valence-electron chi connectivity index (χ0n) is 16.9. The minimum atomic E-state index is -4.74. The predicted molar refractivity (Wildman–Crippen MR) is 118 cm³/mol. The van der Waals surface area contributed by atoms with Crippen LogP contribution in [-0.4, -0.2) is 11.3 Å². The van der Waals surface area contributed by atoms with Crippen molar-refractivity contribution >= 4 is 10.9 Å². The molecule has 0 saturated carbocycles. The van der Waals surface area contributed by atoms with Crippen molar-refractivity contribution in [3.05, 3.63) is 111 Å². The molecule has 3 aromatic carbocycles. The number of rotatable bonds is 4. The molecule has 0 amide bonds. The molecule has 3 nitrogen and oxygen atoms in total. The summed E-state index contributed by atoms with van der Waals surface area (Å²) in [6, 6.07) is 20.8. The summed E-state index contributed by atoms with van der Waals surface area (Å²) in [5.74, 6) is 5.92. The molecule has 1 heterocycles. The highest BCUT2D eigenvalue weighted by Gasteiger charge is 2.30. The highest BCUT2D eigenvalue weighted by molar-refractivity contribution is 5.80. The lowest BCUT2D eigenvalue weighted by atomic mass is 10.0. The first-order chi connectivity index (χ1) is 15.4. The first kappa shape index (κ1) is 21.3. The molecule has 4 rings (SSSR count). The lowest BCUT2D eigenvalue weighted by Crippen LogP contribution is -2.17. The van der Waals surface area contributed by atoms with Gasteiger partial charge in [-0.3, -0.25) is 4.79 Å². The molecule has 32 heavy (non-hydrogen) atoms. The third-order valence-electron chi connectivity index (χ3n) is 4.88. The average Bonchev–Trinajstić information content (AvgIpc) is 2.77. The molecule has 0 aliphatic rings. The van der Waals surface area contributed by atoms with Crippen molar-refractivity contribution in [1.82, 2.24) is 4.98 Å². The molecule has 6 heteroatoms. The topological polar surface area (TPSA) is 42.1 Å². The first-order valence-electron chi connectivity index (χ1n) is 9.89. The van der Waals surface area contributed by atoms with Crippen molar-refractivity contribution in [2.75, 3.05) is 0 Å². The van der Waals surface area contributed by atoms with E-state index in [1.165, 1.54) is 24.3 Å². The van der Waals surface area contributed by atoms with E-state index >= 15 is 0 Å². The normalized spacial score (nSPS) is 11.1. The molecule has 160 valence electrons. The standard InChI is InChI=1S/C26H18F3NO2/c27-26(28,29)32-22-12-9-20(10-13-22)15-21-17-30-24-14-11-19(16-23(24)25(21)31)8-4-7-18-5-2-1-3-6-18/h1-3,5-6,9-14,16-17H,7,15H2,(H,30,31). The van der Waals surface area contributed by atoms with E-state index in [1.807, 2.05) is 42.5 Å². The summed E-state index contributed by atoms with van der Waals surface area (Å²) in [6.45, 7) is 0. The molecule has 0 fully saturated rings. The van der Waals surface area contributed by atoms with Gasteiger partial charge in [-0.25, -0.2) is 0 Å². The van der Waals surface area contributed by atoms with E-state index in [0.717, 1.165) is 11.1 Å². The number of nitrogens with one attached hydrogen (secondary N) is 1. The van der Waals surface area contributed by atoms with Crippen molar-refractivity contribution in [2.24, 2.45) is 0 Å². The number of H-pyrrole nitrogens is 1. The number of fused-ring (bicyclic) bond motifs is 1. The van der Waals surface area contributed by atoms with Crippen LogP contribution in [0, 0.1) is 11.8 Å². The van der Waals surface area contributed by atoms with Crippen LogP contribution in [0.15, 0.2) is 83.8 Å². The Bertz CT molecular complexity index is 1350. The largest absolute Gasteiger partial charge is 0.573 e. The van der Waals surface area contributed by atoms with Crippen molar-refractivity contribution < 1.29 is 17.9 Å². The molecule has 4 aromatic rings. The van der Waals surface area contributed by atoms with E-state index < -0.39 is 6.36 Å². The lowest BCUT2D eigenvalue weighted by Gasteiger charge is -2.09. The van der Waals surface area contributed by atoms with Gasteiger partial charge in [0.25, 0.3) is 0 Å². The van der Waals surface area contributed by atoms with Gasteiger partial charge in [-0.2, -0.15) is 0 Å². The summed E-state index contributed by atoms with van der Waals surface area (Å²) in [6.07, 6.45) is -2.21. The second-order valence-electron chi connectivity index (χ2n) is 7.24. The molecule has 1 N–H and O–H groups in total. The van der Waals surface area contributed by atoms with Gasteiger partial charge < -0.3 is 9.72 Å². The molecular formula is C26H18F3NO2. The van der Waals surface area contributed by atoms with E-state index in [-0.39, 0.29) is 17.6 Å². The Morgan fingerprint density at radius 2 is 1.66 bits per heavy atom. The Kier molecular flexibility index (Phi) is 6.00. The monoisotopic (exact) mass is 433 g/mol. The number of hydrogen-bond acceptors (Lipinski definition) is 2. The van der Waals surface area contributed by atoms with Crippen LogP contribution in [0.25, 0.3) is 10.9 Å². The number of alkyl halides is 3. The zero-order valence-corrected chi connectivity index (χ0v) is 16.9. The fourth-order valence-corrected chi connectivity index (χ4v) is 3.34. The van der Waals surface area contributed by atoms with Crippen molar-refractivity contribution in [3.63, 3.8) is 0 Å². The summed E-state index contributed by atoms with van der Waals surface area (Å²) >= 11 is 0. The molecule has 0 bridgehead atoms. The van der Waals surface area contributed by atoms with E-state index in [0.29, 0.717) is 28.5 Å². The van der Waals surface area contributed by atoms with Crippen LogP contribution >= 0.6 is 0 Å². The summed E-state index contributed by atoms with van der Waals surface area (Å²) in [5, 5.41) is 0.519. The summed E-state index contributed by atoms with van der Waals surface area (Å²) in [7, 11) is 0. The molecule has 1 aromatic heterocycles. The van der Waals surface area contributed by atoms with Crippen molar-refractivity contribution in [3.8, 4) is 17.6 Å². The van der Waals surface area contributed by atoms with Crippen LogP contribution in [0.3, 0.4) is 0 Å². The van der Waals surface area contributed by atoms with Crippen LogP contribution in [-0.2, 0) is 12.8 Å². The quantitative estimate of drug-likeness (QED) is 0.425. The Hall–Kier alpha value is -3.98. The molecule has 0 radical (unpaired) electrons. The Morgan fingerprint density at radius 3 is 2.38 bits per heavy atom. The van der Waals surface area contributed by atoms with Gasteiger partial charge in [-0.1, -0.05) is 54.3 Å². The molecule has 0 aliphatic carbocycles. The lowest BCUT2D eigenvalue weighted by molar-refractivity contribution is -0.274. The summed E-state index contributed by atoms with van der Waals surface area (Å²) in [5.41, 5.74) is 3.62. The third kappa shape index (κ3) is 5.38. The maximum absolute atomic E-state index is 13.0. The number of hydrogen-bond donors (Lipinski definition) is 1. The van der Waals surface area contributed by atoms with Crippen LogP contribution in [0.4, 0.5) is 13.2 Å². The van der Waals surface area contributed by atoms with E-state index in [4.69, 9.17) is 0 Å². The molecule has 0 saturated heterocycles. The second-order valence-corrected chi connectivity index (χ2v) is 7.24. The minimum Gasteiger partial charge on any atom is -0.406 e. The molecular weight excluding hydrogens is 415 g/mol. The number of benzene rings is 3. The van der Waals surface area contributed by atoms with Gasteiger partial charge in [-0.05, 0) is 41.5 Å². The molecule has 0 unspecified atom stereocenters. The Morgan fingerprint density at radius 1 is 0.906 bits per heavy atom. The smallest absolute Gasteiger partial charge is 0.406 e. The molecule has 0 aliphatic heterocycles. The maximum Gasteiger partial charge on any atom is 0.573 e. The van der Waals surface area contributed by atoms with E-state index in [9.17, 15) is 18.0 Å². The summed E-state index contributed by atoms with van der Waals surface area (Å²) in [4.78, 5) is 16.1. The third-order valence-corrected chi connectivity index (χ3v) is 4.88. The second kappa shape index (κ2) is 9.03. The van der Waals surface area contributed by atoms with Crippen molar-refractivity contribution in [2.45, 2.75) is 19.2 Å². The van der Waals surface area contributed by atoms with Crippen LogP contribution in [0.2, 0.25) is 0 Å². The zero-order chi connectivity index (χ0) is 22.6. The number of aromatic nitrogens is 1. The van der Waals surface area contributed by atoms with Gasteiger partial charge in [0.15, 0.2) is 5.43 Å². The van der Waals surface area contributed by atoms with E-state index in [2.05, 4.69) is 21.6 Å². The SMILES string of the molecule is O=c1c(Cc2ccc(OC(F)(F)F)cc2)c[nH]c2ccc(C#CCc3ccccc3)cc12. The van der Waals surface area contributed by atoms with Gasteiger partial charge in [0, 0.05) is 41.1 Å². The Balaban J connectivity index is 1.55. The fraction of sp³-hybridized carbons (Fsp3) is 0.115. The van der Waals surface area contributed by atoms with Gasteiger partial charge >= 0.3 is 6.36 Å². The summed E-state index contributed by atoms with van der Waals surface area (Å²) < 4.78 is 40.8. The number of pyridine rings is 1. The fourth-order valence-electron chi connectivity index (χ4n) is 3.34. The minimum absolute atomic E-state index is 0.138. The number of aromatic amines is 1. The predicted octanol–water partition coefficient (Wildman–Crippen LogP) is 5.61. The van der Waals surface area contributed by atoms with Gasteiger partial charge in [-0.15, -0.1) is 13.2 Å². The van der Waals surface area contributed by atoms with Crippen LogP contribution in [0.5, 0.6) is 5.75 Å². The molecule has 0 spiro atoms. The number of halogens is 3. The average molecular weight is 433 g/mol. The van der Waals surface area contributed by atoms with Gasteiger partial charge in [0.05, 0.1) is 0 Å². The highest BCUT2D eigenvalue weighted by atomic mass is 19.4. The number of ether oxygens (including phenoxy) is 1. The molecule has 0 atom stereocenters. The van der Waals surface area contributed by atoms with E-state index in [1.54, 1.807) is 12.3 Å². The Labute approximate surface area is 182 Å². The maximum atomic E-state index is 13.0. The van der Waals surface area contributed by atoms with Gasteiger partial charge in [0.2, 0.25) is 0 Å². The first-order valence-corrected chi connectivity index (χ1v) is 9.89. The van der Waals surface area contributed by atoms with Crippen molar-refractivity contribution in [1.29, 1.82) is 0 Å². The van der Waals surface area contributed by atoms with Gasteiger partial charge in [0.1, 0.15) is 5.75 Å².